The fourth-order valence-corrected chi connectivity index (χ4v) is 5.53. The van der Waals surface area contributed by atoms with Crippen LogP contribution in [-0.4, -0.2) is 43.9 Å². The minimum Gasteiger partial charge on any atom is -0.366 e. The summed E-state index contributed by atoms with van der Waals surface area (Å²) in [5, 5.41) is 2.99. The molecule has 1 aliphatic heterocycles. The van der Waals surface area contributed by atoms with Gasteiger partial charge in [-0.25, -0.2) is 8.42 Å². The number of hydrogen-bond donors (Lipinski definition) is 2. The van der Waals surface area contributed by atoms with Gasteiger partial charge >= 0.3 is 0 Å². The minimum atomic E-state index is -3.24. The molecule has 2 aromatic rings. The molecular formula is C28H31N3O4S. The highest BCUT2D eigenvalue weighted by molar-refractivity contribution is 7.88. The van der Waals surface area contributed by atoms with Crippen LogP contribution in [0.25, 0.3) is 17.2 Å². The van der Waals surface area contributed by atoms with Crippen LogP contribution in [0.15, 0.2) is 59.2 Å². The third-order valence-electron chi connectivity index (χ3n) is 7.03. The zero-order valence-corrected chi connectivity index (χ0v) is 21.8. The fourth-order valence-electron chi connectivity index (χ4n) is 4.77. The Morgan fingerprint density at radius 3 is 2.47 bits per heavy atom. The summed E-state index contributed by atoms with van der Waals surface area (Å²) in [5.41, 5.74) is 14.4. The van der Waals surface area contributed by atoms with E-state index in [1.54, 1.807) is 19.1 Å². The van der Waals surface area contributed by atoms with E-state index >= 15 is 0 Å². The second-order valence-electron chi connectivity index (χ2n) is 9.27. The van der Waals surface area contributed by atoms with E-state index in [-0.39, 0.29) is 5.91 Å². The molecule has 0 radical (unpaired) electrons. The van der Waals surface area contributed by atoms with E-state index in [9.17, 15) is 18.0 Å². The average Bonchev–Trinajstić information content (AvgIpc) is 3.29. The normalized spacial score (nSPS) is 16.3. The van der Waals surface area contributed by atoms with Gasteiger partial charge in [-0.2, -0.15) is 4.31 Å². The van der Waals surface area contributed by atoms with Crippen LogP contribution in [0.5, 0.6) is 0 Å². The monoisotopic (exact) mass is 505 g/mol. The molecule has 2 amide bonds. The van der Waals surface area contributed by atoms with Gasteiger partial charge in [-0.1, -0.05) is 36.4 Å². The number of sulfonamides is 1. The summed E-state index contributed by atoms with van der Waals surface area (Å²) in [6.07, 6.45) is 8.21. The van der Waals surface area contributed by atoms with E-state index < -0.39 is 15.9 Å². The molecule has 1 heterocycles. The van der Waals surface area contributed by atoms with Gasteiger partial charge < -0.3 is 11.1 Å². The summed E-state index contributed by atoms with van der Waals surface area (Å²) >= 11 is 0. The molecule has 7 nitrogen and oxygen atoms in total. The van der Waals surface area contributed by atoms with E-state index in [4.69, 9.17) is 5.73 Å². The number of nitrogens with zero attached hydrogens (tertiary/aromatic N) is 1. The molecule has 0 unspecified atom stereocenters. The maximum absolute atomic E-state index is 12.5. The molecule has 0 aromatic heterocycles. The van der Waals surface area contributed by atoms with Gasteiger partial charge in [0, 0.05) is 29.9 Å². The molecule has 188 valence electrons. The van der Waals surface area contributed by atoms with E-state index in [1.165, 1.54) is 10.6 Å². The first-order valence-corrected chi connectivity index (χ1v) is 13.7. The number of nitrogens with one attached hydrogen (secondary N) is 1. The maximum atomic E-state index is 12.5. The number of allylic oxidation sites excluding steroid dienone is 2. The summed E-state index contributed by atoms with van der Waals surface area (Å²) in [5.74, 6) is -0.630. The number of amides is 2. The van der Waals surface area contributed by atoms with Crippen LogP contribution in [0, 0.1) is 6.92 Å². The Balaban J connectivity index is 1.76. The van der Waals surface area contributed by atoms with Crippen molar-refractivity contribution < 1.29 is 18.0 Å². The zero-order valence-electron chi connectivity index (χ0n) is 21.0. The van der Waals surface area contributed by atoms with Crippen LogP contribution in [0.4, 0.5) is 5.69 Å². The SMILES string of the molecule is C/C=C(/C)C(=O)Nc1cccc(-c2ccc(C(N)=O)c3c2C=C(C2=CCN(S(C)(=O)=O)CC2)C3)c1C. The van der Waals surface area contributed by atoms with Crippen LogP contribution < -0.4 is 11.1 Å². The number of anilines is 1. The number of benzene rings is 2. The minimum absolute atomic E-state index is 0.151. The number of primary amides is 1. The molecule has 1 aliphatic carbocycles. The lowest BCUT2D eigenvalue weighted by Gasteiger charge is -2.24. The molecule has 0 saturated carbocycles. The van der Waals surface area contributed by atoms with Crippen molar-refractivity contribution in [2.45, 2.75) is 33.6 Å². The quantitative estimate of drug-likeness (QED) is 0.574. The van der Waals surface area contributed by atoms with Crippen LogP contribution >= 0.6 is 0 Å². The first kappa shape index (κ1) is 25.6. The van der Waals surface area contributed by atoms with Crippen molar-refractivity contribution in [3.05, 3.63) is 81.5 Å². The molecule has 8 heteroatoms. The van der Waals surface area contributed by atoms with Crippen LogP contribution in [0.3, 0.4) is 0 Å². The number of carbonyl (C=O) groups is 2. The molecule has 36 heavy (non-hydrogen) atoms. The van der Waals surface area contributed by atoms with Crippen molar-refractivity contribution in [3.8, 4) is 11.1 Å². The van der Waals surface area contributed by atoms with E-state index in [1.807, 2.05) is 44.2 Å². The molecule has 3 N–H and O–H groups in total. The van der Waals surface area contributed by atoms with Crippen molar-refractivity contribution in [2.24, 2.45) is 5.73 Å². The van der Waals surface area contributed by atoms with E-state index in [0.717, 1.165) is 44.7 Å². The summed E-state index contributed by atoms with van der Waals surface area (Å²) in [6, 6.07) is 9.45. The smallest absolute Gasteiger partial charge is 0.250 e. The van der Waals surface area contributed by atoms with Crippen LogP contribution in [0.1, 0.15) is 47.3 Å². The highest BCUT2D eigenvalue weighted by atomic mass is 32.2. The second-order valence-corrected chi connectivity index (χ2v) is 11.3. The fraction of sp³-hybridized carbons (Fsp3) is 0.286. The molecular weight excluding hydrogens is 474 g/mol. The maximum Gasteiger partial charge on any atom is 0.250 e. The van der Waals surface area contributed by atoms with Crippen molar-refractivity contribution in [3.63, 3.8) is 0 Å². The van der Waals surface area contributed by atoms with Crippen LogP contribution in [0.2, 0.25) is 0 Å². The Morgan fingerprint density at radius 1 is 1.11 bits per heavy atom. The number of carbonyl (C=O) groups excluding carboxylic acids is 2. The second kappa shape index (κ2) is 9.87. The highest BCUT2D eigenvalue weighted by Gasteiger charge is 2.27. The summed E-state index contributed by atoms with van der Waals surface area (Å²) < 4.78 is 25.2. The standard InChI is InChI=1S/C28H31N3O4S/c1-5-17(2)28(33)30-26-8-6-7-21(18(26)3)22-9-10-23(27(29)32)25-16-20(15-24(22)25)19-11-13-31(14-12-19)36(4,34)35/h5-11,15H,12-14,16H2,1-4H3,(H2,29,32)(H,30,33)/b17-5-. The summed E-state index contributed by atoms with van der Waals surface area (Å²) in [6.45, 7) is 6.33. The van der Waals surface area contributed by atoms with Crippen molar-refractivity contribution in [2.75, 3.05) is 24.7 Å². The third kappa shape index (κ3) is 4.92. The Labute approximate surface area is 212 Å². The Kier molecular flexibility index (Phi) is 7.02. The average molecular weight is 506 g/mol. The molecule has 0 bridgehead atoms. The van der Waals surface area contributed by atoms with E-state index in [0.29, 0.717) is 37.1 Å². The summed E-state index contributed by atoms with van der Waals surface area (Å²) in [7, 11) is -3.24. The predicted molar refractivity (Wildman–Crippen MR) is 144 cm³/mol. The highest BCUT2D eigenvalue weighted by Crippen LogP contribution is 2.41. The Bertz CT molecular complexity index is 1470. The van der Waals surface area contributed by atoms with Gasteiger partial charge in [0.1, 0.15) is 0 Å². The molecule has 0 spiro atoms. The first-order chi connectivity index (χ1) is 17.0. The topological polar surface area (TPSA) is 110 Å². The summed E-state index contributed by atoms with van der Waals surface area (Å²) in [4.78, 5) is 24.7. The van der Waals surface area contributed by atoms with Crippen LogP contribution in [-0.2, 0) is 21.2 Å². The molecule has 0 saturated heterocycles. The number of hydrogen-bond acceptors (Lipinski definition) is 4. The van der Waals surface area contributed by atoms with Gasteiger partial charge in [0.05, 0.1) is 6.26 Å². The zero-order chi connectivity index (χ0) is 26.2. The molecule has 0 atom stereocenters. The van der Waals surface area contributed by atoms with Gasteiger partial charge in [0.2, 0.25) is 15.9 Å². The molecule has 0 fully saturated rings. The van der Waals surface area contributed by atoms with Gasteiger partial charge in [0.25, 0.3) is 5.91 Å². The largest absolute Gasteiger partial charge is 0.366 e. The lowest BCUT2D eigenvalue weighted by molar-refractivity contribution is -0.112. The van der Waals surface area contributed by atoms with Gasteiger partial charge in [-0.15, -0.1) is 0 Å². The third-order valence-corrected chi connectivity index (χ3v) is 8.29. The number of nitrogens with two attached hydrogens (primary N) is 1. The van der Waals surface area contributed by atoms with Gasteiger partial charge in [0.15, 0.2) is 0 Å². The number of fused-ring (bicyclic) bond motifs is 1. The molecule has 2 aliphatic rings. The van der Waals surface area contributed by atoms with Crippen molar-refractivity contribution >= 4 is 33.6 Å². The predicted octanol–water partition coefficient (Wildman–Crippen LogP) is 4.20. The van der Waals surface area contributed by atoms with Crippen molar-refractivity contribution in [1.82, 2.24) is 4.31 Å². The van der Waals surface area contributed by atoms with Crippen molar-refractivity contribution in [1.29, 1.82) is 0 Å². The lowest BCUT2D eigenvalue weighted by atomic mass is 9.90. The first-order valence-electron chi connectivity index (χ1n) is 11.9. The van der Waals surface area contributed by atoms with Gasteiger partial charge in [-0.05, 0) is 84.7 Å². The lowest BCUT2D eigenvalue weighted by Crippen LogP contribution is -2.34. The Morgan fingerprint density at radius 2 is 1.86 bits per heavy atom. The molecule has 4 rings (SSSR count). The molecule has 2 aromatic carbocycles. The van der Waals surface area contributed by atoms with Gasteiger partial charge in [-0.3, -0.25) is 9.59 Å². The van der Waals surface area contributed by atoms with E-state index in [2.05, 4.69) is 11.4 Å². The number of rotatable bonds is 6. The Hall–Kier alpha value is -3.49.